The number of nitrogens with zero attached hydrogens (tertiary/aromatic N) is 1. The molecule has 0 atom stereocenters. The number of methoxy groups -OCH3 is 1. The average Bonchev–Trinajstić information content (AvgIpc) is 3.04. The molecule has 2 aromatic rings. The summed E-state index contributed by atoms with van der Waals surface area (Å²) < 4.78 is 5.34. The molecule has 4 nitrogen and oxygen atoms in total. The highest BCUT2D eigenvalue weighted by atomic mass is 35.5. The third-order valence-corrected chi connectivity index (χ3v) is 4.12. The Hall–Kier alpha value is -1.72. The fourth-order valence-corrected chi connectivity index (χ4v) is 2.75. The van der Waals surface area contributed by atoms with Crippen molar-refractivity contribution in [1.82, 2.24) is 10.6 Å². The summed E-state index contributed by atoms with van der Waals surface area (Å²) in [5.74, 6) is 1.54. The summed E-state index contributed by atoms with van der Waals surface area (Å²) in [4.78, 5) is 5.87. The lowest BCUT2D eigenvalue weighted by Gasteiger charge is -2.11. The first-order valence-corrected chi connectivity index (χ1v) is 8.35. The van der Waals surface area contributed by atoms with Crippen LogP contribution in [-0.4, -0.2) is 19.6 Å². The largest absolute Gasteiger partial charge is 0.496 e. The van der Waals surface area contributed by atoms with Crippen molar-refractivity contribution in [2.75, 3.05) is 13.7 Å². The second-order valence-electron chi connectivity index (χ2n) is 4.58. The number of guanidine groups is 1. The highest BCUT2D eigenvalue weighted by Crippen LogP contribution is 2.23. The molecule has 2 N–H and O–H groups in total. The number of aliphatic imine (C=N–C) groups is 1. The summed E-state index contributed by atoms with van der Waals surface area (Å²) in [6.45, 7) is 4.15. The molecule has 0 saturated carbocycles. The van der Waals surface area contributed by atoms with E-state index in [0.717, 1.165) is 30.4 Å². The third-order valence-electron chi connectivity index (χ3n) is 3.01. The Bertz CT molecular complexity index is 614. The monoisotopic (exact) mass is 337 g/mol. The van der Waals surface area contributed by atoms with E-state index in [1.165, 1.54) is 4.88 Å². The lowest BCUT2D eigenvalue weighted by molar-refractivity contribution is 0.410. The second kappa shape index (κ2) is 8.66. The van der Waals surface area contributed by atoms with Crippen LogP contribution < -0.4 is 15.4 Å². The van der Waals surface area contributed by atoms with E-state index in [-0.39, 0.29) is 0 Å². The summed E-state index contributed by atoms with van der Waals surface area (Å²) in [6.07, 6.45) is 0. The van der Waals surface area contributed by atoms with Gasteiger partial charge in [-0.05, 0) is 30.5 Å². The minimum absolute atomic E-state index is 0.528. The number of hydrogen-bond acceptors (Lipinski definition) is 3. The summed E-state index contributed by atoms with van der Waals surface area (Å²) in [5, 5.41) is 9.29. The summed E-state index contributed by atoms with van der Waals surface area (Å²) in [7, 11) is 1.64. The highest BCUT2D eigenvalue weighted by Gasteiger charge is 2.04. The molecule has 22 heavy (non-hydrogen) atoms. The molecule has 0 radical (unpaired) electrons. The van der Waals surface area contributed by atoms with Crippen LogP contribution in [0.15, 0.2) is 40.7 Å². The minimum atomic E-state index is 0.528. The molecule has 1 aromatic carbocycles. The van der Waals surface area contributed by atoms with Gasteiger partial charge < -0.3 is 15.4 Å². The first kappa shape index (κ1) is 16.6. The van der Waals surface area contributed by atoms with Gasteiger partial charge in [-0.25, -0.2) is 4.99 Å². The zero-order chi connectivity index (χ0) is 15.8. The molecule has 118 valence electrons. The van der Waals surface area contributed by atoms with Crippen molar-refractivity contribution in [2.45, 2.75) is 20.0 Å². The number of thiophene rings is 1. The van der Waals surface area contributed by atoms with Gasteiger partial charge in [0.25, 0.3) is 0 Å². The molecular formula is C16H20ClN3OS. The molecule has 0 aliphatic carbocycles. The van der Waals surface area contributed by atoms with Crippen LogP contribution in [0.4, 0.5) is 0 Å². The zero-order valence-corrected chi connectivity index (χ0v) is 14.3. The first-order valence-electron chi connectivity index (χ1n) is 7.10. The van der Waals surface area contributed by atoms with Gasteiger partial charge in [0.1, 0.15) is 5.75 Å². The maximum atomic E-state index is 5.98. The van der Waals surface area contributed by atoms with E-state index >= 15 is 0 Å². The van der Waals surface area contributed by atoms with Gasteiger partial charge >= 0.3 is 0 Å². The van der Waals surface area contributed by atoms with E-state index in [1.807, 2.05) is 25.1 Å². The maximum Gasteiger partial charge on any atom is 0.191 e. The van der Waals surface area contributed by atoms with Gasteiger partial charge in [0, 0.05) is 22.0 Å². The molecule has 2 rings (SSSR count). The predicted octanol–water partition coefficient (Wildman–Crippen LogP) is 3.67. The van der Waals surface area contributed by atoms with Gasteiger partial charge in [-0.1, -0.05) is 23.7 Å². The summed E-state index contributed by atoms with van der Waals surface area (Å²) in [5.41, 5.74) is 1.00. The molecule has 0 fully saturated rings. The van der Waals surface area contributed by atoms with E-state index < -0.39 is 0 Å². The fraction of sp³-hybridized carbons (Fsp3) is 0.312. The molecule has 1 aromatic heterocycles. The predicted molar refractivity (Wildman–Crippen MR) is 94.0 cm³/mol. The molecule has 0 amide bonds. The SMILES string of the molecule is CCNC(=NCc1ccc(Cl)cc1OC)NCc1cccs1. The number of nitrogens with one attached hydrogen (secondary N) is 2. The summed E-state index contributed by atoms with van der Waals surface area (Å²) in [6, 6.07) is 9.74. The van der Waals surface area contributed by atoms with E-state index in [0.29, 0.717) is 11.6 Å². The van der Waals surface area contributed by atoms with E-state index in [2.05, 4.69) is 27.1 Å². The Morgan fingerprint density at radius 2 is 2.18 bits per heavy atom. The van der Waals surface area contributed by atoms with Crippen LogP contribution in [0.2, 0.25) is 5.02 Å². The number of benzene rings is 1. The van der Waals surface area contributed by atoms with Crippen molar-refractivity contribution in [3.8, 4) is 5.75 Å². The van der Waals surface area contributed by atoms with Crippen LogP contribution in [0.1, 0.15) is 17.4 Å². The van der Waals surface area contributed by atoms with Crippen molar-refractivity contribution in [1.29, 1.82) is 0 Å². The van der Waals surface area contributed by atoms with Crippen LogP contribution in [0.25, 0.3) is 0 Å². The van der Waals surface area contributed by atoms with Crippen LogP contribution >= 0.6 is 22.9 Å². The molecule has 1 heterocycles. The maximum absolute atomic E-state index is 5.98. The molecule has 6 heteroatoms. The van der Waals surface area contributed by atoms with Gasteiger partial charge in [0.2, 0.25) is 0 Å². The Balaban J connectivity index is 2.03. The van der Waals surface area contributed by atoms with Crippen LogP contribution in [-0.2, 0) is 13.1 Å². The number of ether oxygens (including phenoxy) is 1. The van der Waals surface area contributed by atoms with Crippen LogP contribution in [0, 0.1) is 0 Å². The highest BCUT2D eigenvalue weighted by molar-refractivity contribution is 7.09. The smallest absolute Gasteiger partial charge is 0.191 e. The van der Waals surface area contributed by atoms with Crippen molar-refractivity contribution >= 4 is 28.9 Å². The quantitative estimate of drug-likeness (QED) is 0.624. The van der Waals surface area contributed by atoms with E-state index in [1.54, 1.807) is 24.5 Å². The topological polar surface area (TPSA) is 45.7 Å². The fourth-order valence-electron chi connectivity index (χ4n) is 1.94. The average molecular weight is 338 g/mol. The molecular weight excluding hydrogens is 318 g/mol. The van der Waals surface area contributed by atoms with Gasteiger partial charge in [-0.3, -0.25) is 0 Å². The van der Waals surface area contributed by atoms with Crippen LogP contribution in [0.5, 0.6) is 5.75 Å². The Kier molecular flexibility index (Phi) is 6.55. The standard InChI is InChI=1S/C16H20ClN3OS/c1-3-18-16(20-11-14-5-4-8-22-14)19-10-12-6-7-13(17)9-15(12)21-2/h4-9H,3,10-11H2,1-2H3,(H2,18,19,20). The number of halogens is 1. The van der Waals surface area contributed by atoms with Gasteiger partial charge in [0.15, 0.2) is 5.96 Å². The molecule has 0 unspecified atom stereocenters. The first-order chi connectivity index (χ1) is 10.7. The molecule has 0 aliphatic rings. The number of rotatable bonds is 6. The Morgan fingerprint density at radius 3 is 2.86 bits per heavy atom. The van der Waals surface area contributed by atoms with Crippen molar-refractivity contribution in [2.24, 2.45) is 4.99 Å². The molecule has 0 bridgehead atoms. The Morgan fingerprint density at radius 1 is 1.32 bits per heavy atom. The Labute approximate surface area is 140 Å². The normalized spacial score (nSPS) is 11.3. The van der Waals surface area contributed by atoms with Crippen molar-refractivity contribution in [3.05, 3.63) is 51.2 Å². The molecule has 0 saturated heterocycles. The lowest BCUT2D eigenvalue weighted by Crippen LogP contribution is -2.36. The second-order valence-corrected chi connectivity index (χ2v) is 6.05. The summed E-state index contributed by atoms with van der Waals surface area (Å²) >= 11 is 7.70. The third kappa shape index (κ3) is 4.93. The van der Waals surface area contributed by atoms with Gasteiger partial charge in [-0.15, -0.1) is 11.3 Å². The lowest BCUT2D eigenvalue weighted by atomic mass is 10.2. The van der Waals surface area contributed by atoms with Crippen LogP contribution in [0.3, 0.4) is 0 Å². The van der Waals surface area contributed by atoms with Crippen molar-refractivity contribution in [3.63, 3.8) is 0 Å². The zero-order valence-electron chi connectivity index (χ0n) is 12.7. The van der Waals surface area contributed by atoms with Gasteiger partial charge in [0.05, 0.1) is 20.2 Å². The van der Waals surface area contributed by atoms with Gasteiger partial charge in [-0.2, -0.15) is 0 Å². The molecule has 0 spiro atoms. The van der Waals surface area contributed by atoms with E-state index in [9.17, 15) is 0 Å². The molecule has 0 aliphatic heterocycles. The van der Waals surface area contributed by atoms with Crippen molar-refractivity contribution < 1.29 is 4.74 Å². The minimum Gasteiger partial charge on any atom is -0.496 e. The number of hydrogen-bond donors (Lipinski definition) is 2. The van der Waals surface area contributed by atoms with E-state index in [4.69, 9.17) is 16.3 Å².